The number of anilines is 1. The molecule has 0 aliphatic heterocycles. The molecular formula is C17H14N4O. The number of hydrogen-bond donors (Lipinski definition) is 1. The summed E-state index contributed by atoms with van der Waals surface area (Å²) in [4.78, 5) is 0. The lowest BCUT2D eigenvalue weighted by molar-refractivity contribution is 0.416. The van der Waals surface area contributed by atoms with Crippen molar-refractivity contribution in [2.45, 2.75) is 6.92 Å². The summed E-state index contributed by atoms with van der Waals surface area (Å²) in [7, 11) is 1.56. The fourth-order valence-corrected chi connectivity index (χ4v) is 2.06. The van der Waals surface area contributed by atoms with E-state index in [1.807, 2.05) is 49.4 Å². The lowest BCUT2D eigenvalue weighted by atomic mass is 9.99. The monoisotopic (exact) mass is 290 g/mol. The Morgan fingerprint density at radius 1 is 1.14 bits per heavy atom. The van der Waals surface area contributed by atoms with Gasteiger partial charge in [0.15, 0.2) is 0 Å². The molecule has 0 aliphatic rings. The number of rotatable bonds is 4. The Kier molecular flexibility index (Phi) is 4.74. The van der Waals surface area contributed by atoms with E-state index in [1.54, 1.807) is 19.2 Å². The molecule has 2 aromatic rings. The van der Waals surface area contributed by atoms with E-state index in [4.69, 9.17) is 15.3 Å². The van der Waals surface area contributed by atoms with Crippen molar-refractivity contribution in [3.05, 3.63) is 48.0 Å². The Morgan fingerprint density at radius 2 is 1.82 bits per heavy atom. The maximum absolute atomic E-state index is 8.70. The molecule has 108 valence electrons. The molecular weight excluding hydrogens is 276 g/mol. The fourth-order valence-electron chi connectivity index (χ4n) is 2.06. The second-order valence-corrected chi connectivity index (χ2v) is 4.53. The van der Waals surface area contributed by atoms with Crippen LogP contribution >= 0.6 is 0 Å². The molecule has 2 aromatic carbocycles. The zero-order chi connectivity index (χ0) is 15.9. The summed E-state index contributed by atoms with van der Waals surface area (Å²) >= 11 is 0. The van der Waals surface area contributed by atoms with E-state index in [1.165, 1.54) is 0 Å². The van der Waals surface area contributed by atoms with E-state index in [2.05, 4.69) is 10.5 Å². The molecule has 0 spiro atoms. The molecule has 0 aliphatic carbocycles. The molecule has 0 bridgehead atoms. The molecule has 5 heteroatoms. The van der Waals surface area contributed by atoms with Crippen molar-refractivity contribution in [3.8, 4) is 29.0 Å². The average Bonchev–Trinajstić information content (AvgIpc) is 2.56. The van der Waals surface area contributed by atoms with Crippen molar-refractivity contribution in [1.82, 2.24) is 0 Å². The predicted octanol–water partition coefficient (Wildman–Crippen LogP) is 3.49. The Bertz CT molecular complexity index is 767. The van der Waals surface area contributed by atoms with Gasteiger partial charge in [-0.15, -0.1) is 0 Å². The molecule has 2 rings (SSSR count). The molecule has 22 heavy (non-hydrogen) atoms. The highest BCUT2D eigenvalue weighted by Crippen LogP contribution is 2.33. The Morgan fingerprint density at radius 3 is 2.41 bits per heavy atom. The van der Waals surface area contributed by atoms with Crippen molar-refractivity contribution in [2.24, 2.45) is 5.10 Å². The quantitative estimate of drug-likeness (QED) is 0.690. The van der Waals surface area contributed by atoms with Crippen LogP contribution in [0.2, 0.25) is 0 Å². The Labute approximate surface area is 129 Å². The van der Waals surface area contributed by atoms with Crippen LogP contribution in [0.1, 0.15) is 5.56 Å². The third-order valence-electron chi connectivity index (χ3n) is 3.13. The molecule has 0 unspecified atom stereocenters. The highest BCUT2D eigenvalue weighted by atomic mass is 16.5. The van der Waals surface area contributed by atoms with Gasteiger partial charge in [-0.25, -0.2) is 0 Å². The number of nitriles is 2. The minimum Gasteiger partial charge on any atom is -0.494 e. The highest BCUT2D eigenvalue weighted by Gasteiger charge is 2.09. The summed E-state index contributed by atoms with van der Waals surface area (Å²) in [6, 6.07) is 17.1. The predicted molar refractivity (Wildman–Crippen MR) is 85.5 cm³/mol. The van der Waals surface area contributed by atoms with E-state index in [0.717, 1.165) is 16.7 Å². The maximum atomic E-state index is 8.70. The zero-order valence-corrected chi connectivity index (χ0v) is 12.3. The topological polar surface area (TPSA) is 81.2 Å². The third kappa shape index (κ3) is 3.23. The Hall–Kier alpha value is -3.31. The summed E-state index contributed by atoms with van der Waals surface area (Å²) in [6.45, 7) is 1.98. The van der Waals surface area contributed by atoms with Crippen LogP contribution in [0.25, 0.3) is 11.1 Å². The lowest BCUT2D eigenvalue weighted by Crippen LogP contribution is -1.99. The lowest BCUT2D eigenvalue weighted by Gasteiger charge is -2.13. The normalized spacial score (nSPS) is 9.27. The zero-order valence-electron chi connectivity index (χ0n) is 12.3. The second-order valence-electron chi connectivity index (χ2n) is 4.53. The van der Waals surface area contributed by atoms with E-state index in [-0.39, 0.29) is 5.71 Å². The van der Waals surface area contributed by atoms with Gasteiger partial charge in [0, 0.05) is 0 Å². The molecule has 0 radical (unpaired) electrons. The van der Waals surface area contributed by atoms with Crippen molar-refractivity contribution >= 4 is 11.4 Å². The van der Waals surface area contributed by atoms with Crippen LogP contribution in [0, 0.1) is 29.6 Å². The largest absolute Gasteiger partial charge is 0.494 e. The van der Waals surface area contributed by atoms with Gasteiger partial charge in [-0.2, -0.15) is 15.6 Å². The van der Waals surface area contributed by atoms with Crippen LogP contribution in [0.5, 0.6) is 5.75 Å². The van der Waals surface area contributed by atoms with Gasteiger partial charge in [0.25, 0.3) is 0 Å². The van der Waals surface area contributed by atoms with Crippen LogP contribution < -0.4 is 10.2 Å². The molecule has 1 N–H and O–H groups in total. The smallest absolute Gasteiger partial charge is 0.237 e. The van der Waals surface area contributed by atoms with Gasteiger partial charge in [0.1, 0.15) is 17.9 Å². The number of ether oxygens (including phenoxy) is 1. The number of aryl methyl sites for hydroxylation is 1. The first-order valence-corrected chi connectivity index (χ1v) is 6.57. The second kappa shape index (κ2) is 6.92. The van der Waals surface area contributed by atoms with Gasteiger partial charge in [-0.3, -0.25) is 5.43 Å². The van der Waals surface area contributed by atoms with Gasteiger partial charge in [-0.05, 0) is 35.7 Å². The van der Waals surface area contributed by atoms with Gasteiger partial charge in [-0.1, -0.05) is 30.3 Å². The van der Waals surface area contributed by atoms with Crippen molar-refractivity contribution in [2.75, 3.05) is 12.5 Å². The maximum Gasteiger partial charge on any atom is 0.237 e. The average molecular weight is 290 g/mol. The summed E-state index contributed by atoms with van der Waals surface area (Å²) in [5, 5.41) is 21.2. The summed E-state index contributed by atoms with van der Waals surface area (Å²) in [6.07, 6.45) is 0. The van der Waals surface area contributed by atoms with Crippen LogP contribution in [0.4, 0.5) is 5.69 Å². The van der Waals surface area contributed by atoms with Crippen LogP contribution in [-0.2, 0) is 0 Å². The third-order valence-corrected chi connectivity index (χ3v) is 3.13. The molecule has 0 saturated carbocycles. The van der Waals surface area contributed by atoms with Crippen molar-refractivity contribution in [1.29, 1.82) is 10.5 Å². The van der Waals surface area contributed by atoms with Crippen LogP contribution in [-0.4, -0.2) is 12.8 Å². The molecule has 5 nitrogen and oxygen atoms in total. The van der Waals surface area contributed by atoms with Gasteiger partial charge < -0.3 is 4.74 Å². The van der Waals surface area contributed by atoms with E-state index < -0.39 is 0 Å². The van der Waals surface area contributed by atoms with E-state index in [0.29, 0.717) is 11.4 Å². The number of nitrogens with one attached hydrogen (secondary N) is 1. The first-order valence-electron chi connectivity index (χ1n) is 6.57. The first-order chi connectivity index (χ1) is 10.7. The molecule has 0 saturated heterocycles. The molecule has 0 amide bonds. The van der Waals surface area contributed by atoms with Gasteiger partial charge in [0.2, 0.25) is 5.71 Å². The van der Waals surface area contributed by atoms with Crippen LogP contribution in [0.3, 0.4) is 0 Å². The SMILES string of the molecule is COc1cc(-c2ccccc2)c(C)cc1NN=C(C#N)C#N. The summed E-state index contributed by atoms with van der Waals surface area (Å²) in [5.74, 6) is 0.587. The molecule has 0 heterocycles. The minimum absolute atomic E-state index is 0.244. The first kappa shape index (κ1) is 15.1. The van der Waals surface area contributed by atoms with E-state index >= 15 is 0 Å². The number of hydrazone groups is 1. The highest BCUT2D eigenvalue weighted by molar-refractivity contribution is 6.10. The van der Waals surface area contributed by atoms with Crippen molar-refractivity contribution in [3.63, 3.8) is 0 Å². The molecule has 0 aromatic heterocycles. The van der Waals surface area contributed by atoms with Gasteiger partial charge in [0.05, 0.1) is 12.8 Å². The van der Waals surface area contributed by atoms with Crippen molar-refractivity contribution < 1.29 is 4.74 Å². The standard InChI is InChI=1S/C17H14N4O/c1-12-8-16(21-20-14(10-18)11-19)17(22-2)9-15(12)13-6-4-3-5-7-13/h3-9,21H,1-2H3. The fraction of sp³-hybridized carbons (Fsp3) is 0.118. The molecule has 0 atom stereocenters. The Balaban J connectivity index is 2.43. The number of methoxy groups -OCH3 is 1. The summed E-state index contributed by atoms with van der Waals surface area (Å²) < 4.78 is 5.36. The molecule has 0 fully saturated rings. The van der Waals surface area contributed by atoms with E-state index in [9.17, 15) is 0 Å². The number of nitrogens with zero attached hydrogens (tertiary/aromatic N) is 3. The number of hydrogen-bond acceptors (Lipinski definition) is 5. The van der Waals surface area contributed by atoms with Crippen LogP contribution in [0.15, 0.2) is 47.6 Å². The summed E-state index contributed by atoms with van der Waals surface area (Å²) in [5.41, 5.74) is 6.22. The number of benzene rings is 2. The minimum atomic E-state index is -0.244. The van der Waals surface area contributed by atoms with Gasteiger partial charge >= 0.3 is 0 Å².